The summed E-state index contributed by atoms with van der Waals surface area (Å²) in [5.41, 5.74) is 0.898. The first-order valence-electron chi connectivity index (χ1n) is 8.52. The lowest BCUT2D eigenvalue weighted by molar-refractivity contribution is 0.0479. The van der Waals surface area contributed by atoms with E-state index in [1.165, 1.54) is 0 Å². The lowest BCUT2D eigenvalue weighted by Gasteiger charge is -2.28. The van der Waals surface area contributed by atoms with E-state index in [-0.39, 0.29) is 11.6 Å². The number of nitrogens with zero attached hydrogens (tertiary/aromatic N) is 1. The molecule has 0 fully saturated rings. The molecule has 1 heterocycles. The number of benzene rings is 1. The minimum Gasteiger partial charge on any atom is -0.462 e. The summed E-state index contributed by atoms with van der Waals surface area (Å²) in [5, 5.41) is 4.29. The van der Waals surface area contributed by atoms with Gasteiger partial charge in [0.05, 0.1) is 6.61 Å². The van der Waals surface area contributed by atoms with Gasteiger partial charge in [0.2, 0.25) is 0 Å². The van der Waals surface area contributed by atoms with Crippen LogP contribution in [-0.4, -0.2) is 27.5 Å². The number of esters is 1. The second-order valence-electron chi connectivity index (χ2n) is 7.68. The maximum absolute atomic E-state index is 12.6. The van der Waals surface area contributed by atoms with Crippen LogP contribution in [0.1, 0.15) is 57.7 Å². The first-order chi connectivity index (χ1) is 11.7. The Hall–Kier alpha value is -1.92. The summed E-state index contributed by atoms with van der Waals surface area (Å²) in [7, 11) is -0.844. The van der Waals surface area contributed by atoms with Crippen LogP contribution in [0, 0.1) is 0 Å². The molecule has 0 amide bonds. The summed E-state index contributed by atoms with van der Waals surface area (Å²) in [6.45, 7) is 12.3. The molecule has 0 saturated heterocycles. The topological polar surface area (TPSA) is 61.6 Å². The molecular weight excluding hydrogens is 334 g/mol. The quantitative estimate of drug-likeness (QED) is 0.573. The Balaban J connectivity index is 2.47. The van der Waals surface area contributed by atoms with Gasteiger partial charge in [-0.15, -0.1) is 0 Å². The highest BCUT2D eigenvalue weighted by molar-refractivity contribution is 6.31. The fraction of sp³-hybridized carbons (Fsp3) is 0.474. The van der Waals surface area contributed by atoms with Crippen LogP contribution in [0.25, 0.3) is 11.3 Å². The van der Waals surface area contributed by atoms with Crippen LogP contribution in [0.15, 0.2) is 34.9 Å². The Labute approximate surface area is 151 Å². The molecule has 0 unspecified atom stereocenters. The zero-order valence-electron chi connectivity index (χ0n) is 15.9. The third-order valence-corrected chi connectivity index (χ3v) is 5.36. The molecule has 25 heavy (non-hydrogen) atoms. The second-order valence-corrected chi connectivity index (χ2v) is 10.4. The van der Waals surface area contributed by atoms with E-state index in [0.717, 1.165) is 5.56 Å². The molecule has 1 aromatic carbocycles. The highest BCUT2D eigenvalue weighted by Crippen LogP contribution is 2.36. The van der Waals surface area contributed by atoms with Crippen molar-refractivity contribution in [2.75, 3.05) is 6.61 Å². The molecule has 136 valence electrons. The molecule has 6 heteroatoms. The van der Waals surface area contributed by atoms with Crippen LogP contribution in [0.4, 0.5) is 0 Å². The van der Waals surface area contributed by atoms with E-state index in [0.29, 0.717) is 17.0 Å². The van der Waals surface area contributed by atoms with Crippen molar-refractivity contribution >= 4 is 15.7 Å². The van der Waals surface area contributed by atoms with Gasteiger partial charge in [0, 0.05) is 5.56 Å². The lowest BCUT2D eigenvalue weighted by Crippen LogP contribution is -2.29. The summed E-state index contributed by atoms with van der Waals surface area (Å²) in [5.74, 6) is -0.0201. The zero-order valence-corrected chi connectivity index (χ0v) is 17.3. The van der Waals surface area contributed by atoms with E-state index in [1.807, 2.05) is 44.2 Å². The van der Waals surface area contributed by atoms with E-state index in [2.05, 4.69) is 25.9 Å². The predicted molar refractivity (Wildman–Crippen MR) is 100 cm³/mol. The van der Waals surface area contributed by atoms with Crippen LogP contribution in [0.2, 0.25) is 5.04 Å². The molecule has 2 rings (SSSR count). The van der Waals surface area contributed by atoms with Crippen molar-refractivity contribution in [3.63, 3.8) is 0 Å². The first kappa shape index (κ1) is 19.4. The Morgan fingerprint density at radius 3 is 2.36 bits per heavy atom. The number of carbonyl (C=O) groups excluding carboxylic acids is 1. The summed E-state index contributed by atoms with van der Waals surface area (Å²) in [6.07, 6.45) is 0. The molecular formula is C19H27NO4Si. The first-order valence-corrected chi connectivity index (χ1v) is 9.81. The van der Waals surface area contributed by atoms with Gasteiger partial charge < -0.3 is 13.7 Å². The number of ether oxygens (including phenoxy) is 1. The van der Waals surface area contributed by atoms with Gasteiger partial charge in [-0.05, 0) is 25.8 Å². The molecule has 0 aliphatic heterocycles. The van der Waals surface area contributed by atoms with Crippen molar-refractivity contribution in [1.29, 1.82) is 0 Å². The van der Waals surface area contributed by atoms with E-state index < -0.39 is 21.3 Å². The molecule has 0 radical (unpaired) electrons. The molecule has 0 N–H and O–H groups in total. The van der Waals surface area contributed by atoms with Gasteiger partial charge in [-0.2, -0.15) is 0 Å². The Kier molecular flexibility index (Phi) is 5.85. The fourth-order valence-electron chi connectivity index (χ4n) is 2.35. The standard InChI is InChI=1S/C19H27NO4Si/c1-7-22-17(21)14-15(13-11-9-8-10-12-13)20-23-16(14)19(5,6)24-25-18(2,3)4/h8-12H,7,25H2,1-6H3. The van der Waals surface area contributed by atoms with Crippen LogP contribution < -0.4 is 0 Å². The number of hydrogen-bond acceptors (Lipinski definition) is 5. The van der Waals surface area contributed by atoms with E-state index in [4.69, 9.17) is 13.7 Å². The molecule has 0 aliphatic carbocycles. The van der Waals surface area contributed by atoms with Gasteiger partial charge in [0.1, 0.15) is 16.9 Å². The Morgan fingerprint density at radius 2 is 1.80 bits per heavy atom. The normalized spacial score (nSPS) is 12.7. The maximum Gasteiger partial charge on any atom is 0.344 e. The Morgan fingerprint density at radius 1 is 1.16 bits per heavy atom. The molecule has 0 saturated carbocycles. The van der Waals surface area contributed by atoms with Crippen molar-refractivity contribution in [2.24, 2.45) is 0 Å². The Bertz CT molecular complexity index is 717. The largest absolute Gasteiger partial charge is 0.462 e. The number of hydrogen-bond donors (Lipinski definition) is 0. The molecule has 2 aromatic rings. The minimum absolute atomic E-state index is 0.129. The third-order valence-electron chi connectivity index (χ3n) is 3.63. The third kappa shape index (κ3) is 4.80. The van der Waals surface area contributed by atoms with Crippen molar-refractivity contribution in [3.8, 4) is 11.3 Å². The average molecular weight is 362 g/mol. The molecule has 0 aliphatic rings. The van der Waals surface area contributed by atoms with Crippen molar-refractivity contribution in [1.82, 2.24) is 5.16 Å². The summed E-state index contributed by atoms with van der Waals surface area (Å²) < 4.78 is 17.0. The average Bonchev–Trinajstić information content (AvgIpc) is 2.99. The van der Waals surface area contributed by atoms with Gasteiger partial charge >= 0.3 is 5.97 Å². The highest BCUT2D eigenvalue weighted by Gasteiger charge is 2.36. The van der Waals surface area contributed by atoms with E-state index >= 15 is 0 Å². The smallest absolute Gasteiger partial charge is 0.344 e. The van der Waals surface area contributed by atoms with E-state index in [1.54, 1.807) is 6.92 Å². The predicted octanol–water partition coefficient (Wildman–Crippen LogP) is 4.07. The molecule has 0 bridgehead atoms. The van der Waals surface area contributed by atoms with Crippen molar-refractivity contribution in [3.05, 3.63) is 41.7 Å². The highest BCUT2D eigenvalue weighted by atomic mass is 28.2. The lowest BCUT2D eigenvalue weighted by atomic mass is 9.98. The summed E-state index contributed by atoms with van der Waals surface area (Å²) >= 11 is 0. The molecule has 1 aromatic heterocycles. The van der Waals surface area contributed by atoms with Gasteiger partial charge in [-0.3, -0.25) is 0 Å². The molecule has 5 nitrogen and oxygen atoms in total. The van der Waals surface area contributed by atoms with Crippen LogP contribution in [0.3, 0.4) is 0 Å². The monoisotopic (exact) mass is 361 g/mol. The zero-order chi connectivity index (χ0) is 18.7. The summed E-state index contributed by atoms with van der Waals surface area (Å²) in [4.78, 5) is 12.6. The second kappa shape index (κ2) is 7.54. The van der Waals surface area contributed by atoms with E-state index in [9.17, 15) is 4.79 Å². The summed E-state index contributed by atoms with van der Waals surface area (Å²) in [6, 6.07) is 9.49. The van der Waals surface area contributed by atoms with Crippen molar-refractivity contribution in [2.45, 2.75) is 52.2 Å². The van der Waals surface area contributed by atoms with Crippen LogP contribution in [-0.2, 0) is 14.8 Å². The fourth-order valence-corrected chi connectivity index (χ4v) is 3.27. The van der Waals surface area contributed by atoms with Crippen molar-refractivity contribution < 1.29 is 18.5 Å². The number of carbonyl (C=O) groups is 1. The molecule has 0 spiro atoms. The molecule has 0 atom stereocenters. The van der Waals surface area contributed by atoms with Gasteiger partial charge in [0.25, 0.3) is 0 Å². The van der Waals surface area contributed by atoms with Crippen LogP contribution in [0.5, 0.6) is 0 Å². The number of aromatic nitrogens is 1. The SMILES string of the molecule is CCOC(=O)c1c(-c2ccccc2)noc1C(C)(C)O[SiH2]C(C)(C)C. The minimum atomic E-state index is -0.844. The van der Waals surface area contributed by atoms with Crippen LogP contribution >= 0.6 is 0 Å². The van der Waals surface area contributed by atoms with Gasteiger partial charge in [-0.1, -0.05) is 56.3 Å². The number of rotatable bonds is 6. The maximum atomic E-state index is 12.6. The van der Waals surface area contributed by atoms with Gasteiger partial charge in [0.15, 0.2) is 15.5 Å². The van der Waals surface area contributed by atoms with Gasteiger partial charge in [-0.25, -0.2) is 4.79 Å².